The van der Waals surface area contributed by atoms with Gasteiger partial charge in [0, 0.05) is 32.0 Å². The fourth-order valence-electron chi connectivity index (χ4n) is 2.77. The van der Waals surface area contributed by atoms with Gasteiger partial charge in [0.15, 0.2) is 0 Å². The number of hydrogen-bond acceptors (Lipinski definition) is 3. The van der Waals surface area contributed by atoms with E-state index in [1.165, 1.54) is 31.6 Å². The van der Waals surface area contributed by atoms with Gasteiger partial charge in [-0.2, -0.15) is 0 Å². The highest BCUT2D eigenvalue weighted by atomic mass is 15.2. The summed E-state index contributed by atoms with van der Waals surface area (Å²) in [5, 5.41) is 3.61. The molecule has 1 aromatic rings. The maximum Gasteiger partial charge on any atom is 0.122 e. The Morgan fingerprint density at radius 1 is 1.42 bits per heavy atom. The topological polar surface area (TPSA) is 33.1 Å². The monoisotopic (exact) mass is 264 g/mol. The molecule has 1 aliphatic heterocycles. The summed E-state index contributed by atoms with van der Waals surface area (Å²) in [6.07, 6.45) is 7.93. The molecule has 0 saturated carbocycles. The van der Waals surface area contributed by atoms with E-state index in [-0.39, 0.29) is 0 Å². The normalized spacial score (nSPS) is 21.2. The van der Waals surface area contributed by atoms with Gasteiger partial charge < -0.3 is 9.88 Å². The van der Waals surface area contributed by atoms with Crippen molar-refractivity contribution in [3.63, 3.8) is 0 Å². The smallest absolute Gasteiger partial charge is 0.122 e. The highest BCUT2D eigenvalue weighted by Gasteiger charge is 2.23. The zero-order chi connectivity index (χ0) is 13.7. The Morgan fingerprint density at radius 2 is 2.26 bits per heavy atom. The van der Waals surface area contributed by atoms with Gasteiger partial charge in [0.1, 0.15) is 5.82 Å². The molecule has 19 heavy (non-hydrogen) atoms. The van der Waals surface area contributed by atoms with Gasteiger partial charge >= 0.3 is 0 Å². The largest absolute Gasteiger partial charge is 0.337 e. The van der Waals surface area contributed by atoms with Crippen LogP contribution >= 0.6 is 0 Å². The molecule has 4 nitrogen and oxygen atoms in total. The molecule has 1 atom stereocenters. The summed E-state index contributed by atoms with van der Waals surface area (Å²) in [5.74, 6) is 1.90. The van der Waals surface area contributed by atoms with Crippen molar-refractivity contribution in [2.75, 3.05) is 19.6 Å². The first-order valence-corrected chi connectivity index (χ1v) is 7.57. The predicted molar refractivity (Wildman–Crippen MR) is 79.0 cm³/mol. The van der Waals surface area contributed by atoms with Gasteiger partial charge in [0.05, 0.1) is 6.54 Å². The van der Waals surface area contributed by atoms with Crippen LogP contribution in [0.5, 0.6) is 0 Å². The van der Waals surface area contributed by atoms with Crippen LogP contribution in [0.4, 0.5) is 0 Å². The number of imidazole rings is 1. The third-order valence-electron chi connectivity index (χ3n) is 3.95. The van der Waals surface area contributed by atoms with Crippen LogP contribution in [0.1, 0.15) is 38.9 Å². The van der Waals surface area contributed by atoms with E-state index in [2.05, 4.69) is 40.7 Å². The molecule has 1 saturated heterocycles. The maximum absolute atomic E-state index is 4.45. The Kier molecular flexibility index (Phi) is 5.40. The highest BCUT2D eigenvalue weighted by molar-refractivity contribution is 4.93. The molecule has 2 heterocycles. The molecule has 1 unspecified atom stereocenters. The quantitative estimate of drug-likeness (QED) is 0.853. The lowest BCUT2D eigenvalue weighted by atomic mass is 10.0. The molecular formula is C15H28N4. The van der Waals surface area contributed by atoms with Crippen molar-refractivity contribution in [1.29, 1.82) is 0 Å². The second-order valence-corrected chi connectivity index (χ2v) is 6.13. The molecule has 1 aliphatic rings. The van der Waals surface area contributed by atoms with E-state index < -0.39 is 0 Å². The first kappa shape index (κ1) is 14.5. The standard InChI is InChI=1S/C15H28N4/c1-13(2)10-16-11-14-6-4-5-8-19(14)12-15-17-7-9-18(15)3/h7,9,13-14,16H,4-6,8,10-12H2,1-3H3. The Bertz CT molecular complexity index is 372. The van der Waals surface area contributed by atoms with Crippen molar-refractivity contribution in [3.8, 4) is 0 Å². The van der Waals surface area contributed by atoms with E-state index in [0.29, 0.717) is 6.04 Å². The number of piperidine rings is 1. The number of aryl methyl sites for hydroxylation is 1. The van der Waals surface area contributed by atoms with Crippen LogP contribution in [0, 0.1) is 5.92 Å². The Morgan fingerprint density at radius 3 is 2.95 bits per heavy atom. The molecule has 108 valence electrons. The van der Waals surface area contributed by atoms with E-state index in [1.807, 2.05) is 12.4 Å². The van der Waals surface area contributed by atoms with Crippen LogP contribution in [-0.2, 0) is 13.6 Å². The van der Waals surface area contributed by atoms with Crippen molar-refractivity contribution in [2.45, 2.75) is 45.7 Å². The molecule has 1 fully saturated rings. The van der Waals surface area contributed by atoms with Gasteiger partial charge in [0.2, 0.25) is 0 Å². The number of likely N-dealkylation sites (tertiary alicyclic amines) is 1. The first-order valence-electron chi connectivity index (χ1n) is 7.57. The summed E-state index contributed by atoms with van der Waals surface area (Å²) >= 11 is 0. The molecule has 0 amide bonds. The van der Waals surface area contributed by atoms with E-state index in [0.717, 1.165) is 25.6 Å². The fraction of sp³-hybridized carbons (Fsp3) is 0.800. The molecule has 0 spiro atoms. The second-order valence-electron chi connectivity index (χ2n) is 6.13. The summed E-state index contributed by atoms with van der Waals surface area (Å²) in [4.78, 5) is 7.05. The Balaban J connectivity index is 1.87. The lowest BCUT2D eigenvalue weighted by molar-refractivity contribution is 0.132. The Hall–Kier alpha value is -0.870. The van der Waals surface area contributed by atoms with Gasteiger partial charge in [-0.25, -0.2) is 4.98 Å². The van der Waals surface area contributed by atoms with Crippen LogP contribution in [0.25, 0.3) is 0 Å². The SMILES string of the molecule is CC(C)CNCC1CCCCN1Cc1nccn1C. The third kappa shape index (κ3) is 4.32. The summed E-state index contributed by atoms with van der Waals surface area (Å²) in [6, 6.07) is 0.671. The highest BCUT2D eigenvalue weighted by Crippen LogP contribution is 2.18. The zero-order valence-electron chi connectivity index (χ0n) is 12.6. The lowest BCUT2D eigenvalue weighted by Gasteiger charge is -2.35. The summed E-state index contributed by atoms with van der Waals surface area (Å²) < 4.78 is 2.13. The molecule has 0 bridgehead atoms. The molecule has 2 rings (SSSR count). The number of rotatable bonds is 6. The zero-order valence-corrected chi connectivity index (χ0v) is 12.6. The van der Waals surface area contributed by atoms with Gasteiger partial charge in [-0.3, -0.25) is 4.90 Å². The van der Waals surface area contributed by atoms with Crippen LogP contribution in [0.2, 0.25) is 0 Å². The van der Waals surface area contributed by atoms with Crippen molar-refractivity contribution in [2.24, 2.45) is 13.0 Å². The molecule has 0 radical (unpaired) electrons. The van der Waals surface area contributed by atoms with E-state index in [4.69, 9.17) is 0 Å². The van der Waals surface area contributed by atoms with E-state index >= 15 is 0 Å². The number of aromatic nitrogens is 2. The average molecular weight is 264 g/mol. The van der Waals surface area contributed by atoms with E-state index in [1.54, 1.807) is 0 Å². The molecular weight excluding hydrogens is 236 g/mol. The van der Waals surface area contributed by atoms with Gasteiger partial charge in [0.25, 0.3) is 0 Å². The molecule has 1 aromatic heterocycles. The minimum atomic E-state index is 0.671. The van der Waals surface area contributed by atoms with Gasteiger partial charge in [-0.05, 0) is 31.8 Å². The van der Waals surface area contributed by atoms with Crippen LogP contribution in [0.3, 0.4) is 0 Å². The third-order valence-corrected chi connectivity index (χ3v) is 3.95. The summed E-state index contributed by atoms with van der Waals surface area (Å²) in [5.41, 5.74) is 0. The van der Waals surface area contributed by atoms with Crippen LogP contribution in [0.15, 0.2) is 12.4 Å². The van der Waals surface area contributed by atoms with Crippen molar-refractivity contribution >= 4 is 0 Å². The lowest BCUT2D eigenvalue weighted by Crippen LogP contribution is -2.45. The number of hydrogen-bond donors (Lipinski definition) is 1. The number of nitrogens with zero attached hydrogens (tertiary/aromatic N) is 3. The van der Waals surface area contributed by atoms with Crippen LogP contribution < -0.4 is 5.32 Å². The van der Waals surface area contributed by atoms with Gasteiger partial charge in [-0.15, -0.1) is 0 Å². The molecule has 4 heteroatoms. The molecule has 0 aromatic carbocycles. The van der Waals surface area contributed by atoms with Gasteiger partial charge in [-0.1, -0.05) is 20.3 Å². The first-order chi connectivity index (χ1) is 9.16. The average Bonchev–Trinajstić information content (AvgIpc) is 2.77. The molecule has 1 N–H and O–H groups in total. The minimum absolute atomic E-state index is 0.671. The van der Waals surface area contributed by atoms with Crippen LogP contribution in [-0.4, -0.2) is 40.1 Å². The number of nitrogens with one attached hydrogen (secondary N) is 1. The molecule has 0 aliphatic carbocycles. The predicted octanol–water partition coefficient (Wildman–Crippen LogP) is 2.02. The summed E-state index contributed by atoms with van der Waals surface area (Å²) in [6.45, 7) is 8.95. The van der Waals surface area contributed by atoms with E-state index in [9.17, 15) is 0 Å². The Labute approximate surface area is 117 Å². The summed E-state index contributed by atoms with van der Waals surface area (Å²) in [7, 11) is 2.08. The second kappa shape index (κ2) is 7.06. The van der Waals surface area contributed by atoms with Crippen molar-refractivity contribution in [3.05, 3.63) is 18.2 Å². The van der Waals surface area contributed by atoms with Crippen molar-refractivity contribution < 1.29 is 0 Å². The fourth-order valence-corrected chi connectivity index (χ4v) is 2.77. The minimum Gasteiger partial charge on any atom is -0.337 e. The van der Waals surface area contributed by atoms with Crippen molar-refractivity contribution in [1.82, 2.24) is 19.8 Å². The maximum atomic E-state index is 4.45.